The molecule has 0 atom stereocenters. The van der Waals surface area contributed by atoms with Crippen LogP contribution in [0.3, 0.4) is 0 Å². The number of rotatable bonds is 1. The highest BCUT2D eigenvalue weighted by molar-refractivity contribution is 6.31. The molecule has 0 aliphatic carbocycles. The quantitative estimate of drug-likeness (QED) is 0.601. The predicted molar refractivity (Wildman–Crippen MR) is 36.8 cm³/mol. The normalized spacial score (nSPS) is 9.73. The average molecular weight is 177 g/mol. The first-order valence-electron chi connectivity index (χ1n) is 2.77. The molecule has 0 saturated heterocycles. The zero-order valence-electron chi connectivity index (χ0n) is 5.27. The van der Waals surface area contributed by atoms with Crippen molar-refractivity contribution in [3.8, 4) is 0 Å². The van der Waals surface area contributed by atoms with Crippen molar-refractivity contribution >= 4 is 17.6 Å². The van der Waals surface area contributed by atoms with E-state index in [0.29, 0.717) is 0 Å². The Hall–Kier alpha value is -0.960. The second-order valence-corrected chi connectivity index (χ2v) is 2.28. The largest absolute Gasteiger partial charge is 0.335 e. The standard InChI is InChI=1S/C7H3ClF2O/c8-5-3-1-2-4(6(5)9)7(10)11/h1-3H. The molecule has 0 saturated carbocycles. The molecular formula is C7H3ClF2O. The van der Waals surface area contributed by atoms with Crippen molar-refractivity contribution in [3.63, 3.8) is 0 Å². The maximum atomic E-state index is 12.7. The summed E-state index contributed by atoms with van der Waals surface area (Å²) in [6.45, 7) is 0. The van der Waals surface area contributed by atoms with Crippen LogP contribution in [0.25, 0.3) is 0 Å². The number of hydrogen-bond donors (Lipinski definition) is 0. The summed E-state index contributed by atoms with van der Waals surface area (Å²) in [5.74, 6) is -1.01. The van der Waals surface area contributed by atoms with Gasteiger partial charge in [-0.15, -0.1) is 0 Å². The van der Waals surface area contributed by atoms with Gasteiger partial charge < -0.3 is 0 Å². The molecule has 0 bridgehead atoms. The zero-order chi connectivity index (χ0) is 8.43. The molecule has 0 spiro atoms. The van der Waals surface area contributed by atoms with E-state index in [-0.39, 0.29) is 5.02 Å². The fourth-order valence-electron chi connectivity index (χ4n) is 0.656. The highest BCUT2D eigenvalue weighted by atomic mass is 35.5. The molecule has 0 radical (unpaired) electrons. The first-order valence-corrected chi connectivity index (χ1v) is 3.14. The molecule has 0 fully saturated rings. The van der Waals surface area contributed by atoms with Crippen LogP contribution in [0.1, 0.15) is 10.4 Å². The van der Waals surface area contributed by atoms with Gasteiger partial charge in [0.2, 0.25) is 0 Å². The third kappa shape index (κ3) is 1.54. The Labute approximate surface area is 66.6 Å². The van der Waals surface area contributed by atoms with Gasteiger partial charge in [-0.05, 0) is 12.1 Å². The maximum absolute atomic E-state index is 12.7. The van der Waals surface area contributed by atoms with Crippen LogP contribution < -0.4 is 0 Å². The number of benzene rings is 1. The second kappa shape index (κ2) is 2.96. The molecule has 1 aromatic rings. The summed E-state index contributed by atoms with van der Waals surface area (Å²) >= 11 is 5.26. The number of hydrogen-bond acceptors (Lipinski definition) is 1. The Bertz CT molecular complexity index is 298. The van der Waals surface area contributed by atoms with E-state index in [1.165, 1.54) is 12.1 Å². The van der Waals surface area contributed by atoms with Gasteiger partial charge in [0, 0.05) is 0 Å². The van der Waals surface area contributed by atoms with Crippen LogP contribution in [0.5, 0.6) is 0 Å². The zero-order valence-corrected chi connectivity index (χ0v) is 6.03. The number of halogens is 3. The Morgan fingerprint density at radius 2 is 2.09 bits per heavy atom. The Morgan fingerprint density at radius 1 is 1.45 bits per heavy atom. The molecule has 1 aromatic carbocycles. The third-order valence-corrected chi connectivity index (χ3v) is 1.46. The number of carbonyl (C=O) groups is 1. The first-order chi connectivity index (χ1) is 5.13. The molecule has 0 aliphatic rings. The van der Waals surface area contributed by atoms with Gasteiger partial charge >= 0.3 is 6.04 Å². The van der Waals surface area contributed by atoms with Gasteiger partial charge in [-0.2, -0.15) is 4.39 Å². The summed E-state index contributed by atoms with van der Waals surface area (Å²) in [5.41, 5.74) is -0.627. The lowest BCUT2D eigenvalue weighted by molar-refractivity contribution is 0.0831. The van der Waals surface area contributed by atoms with E-state index in [1.807, 2.05) is 0 Å². The summed E-state index contributed by atoms with van der Waals surface area (Å²) in [7, 11) is 0. The SMILES string of the molecule is O=C(F)c1cccc(Cl)c1F. The number of carbonyl (C=O) groups excluding carboxylic acids is 1. The van der Waals surface area contributed by atoms with Crippen LogP contribution in [0, 0.1) is 5.82 Å². The lowest BCUT2D eigenvalue weighted by Crippen LogP contribution is -1.94. The van der Waals surface area contributed by atoms with E-state index >= 15 is 0 Å². The van der Waals surface area contributed by atoms with Crippen LogP contribution in [0.4, 0.5) is 8.78 Å². The summed E-state index contributed by atoms with van der Waals surface area (Å²) in [6, 6.07) is 1.76. The fourth-order valence-corrected chi connectivity index (χ4v) is 0.830. The Kier molecular flexibility index (Phi) is 2.19. The average Bonchev–Trinajstić information content (AvgIpc) is 1.94. The molecule has 1 nitrogen and oxygen atoms in total. The second-order valence-electron chi connectivity index (χ2n) is 1.88. The molecule has 0 unspecified atom stereocenters. The van der Waals surface area contributed by atoms with Crippen molar-refractivity contribution in [2.24, 2.45) is 0 Å². The topological polar surface area (TPSA) is 17.1 Å². The Balaban J connectivity index is 3.27. The lowest BCUT2D eigenvalue weighted by Gasteiger charge is -1.95. The smallest absolute Gasteiger partial charge is 0.255 e. The van der Waals surface area contributed by atoms with Crippen LogP contribution in [0.2, 0.25) is 5.02 Å². The minimum Gasteiger partial charge on any atom is -0.255 e. The van der Waals surface area contributed by atoms with Gasteiger partial charge in [-0.25, -0.2) is 4.39 Å². The van der Waals surface area contributed by atoms with Gasteiger partial charge in [0.1, 0.15) is 0 Å². The predicted octanol–water partition coefficient (Wildman–Crippen LogP) is 2.59. The first kappa shape index (κ1) is 8.14. The van der Waals surface area contributed by atoms with E-state index in [1.54, 1.807) is 0 Å². The van der Waals surface area contributed by atoms with E-state index < -0.39 is 17.4 Å². The molecule has 0 aromatic heterocycles. The fraction of sp³-hybridized carbons (Fsp3) is 0. The minimum atomic E-state index is -1.81. The molecule has 1 rings (SSSR count). The van der Waals surface area contributed by atoms with E-state index in [0.717, 1.165) is 6.07 Å². The van der Waals surface area contributed by atoms with Crippen LogP contribution in [-0.2, 0) is 0 Å². The summed E-state index contributed by atoms with van der Waals surface area (Å²) < 4.78 is 24.6. The van der Waals surface area contributed by atoms with Crippen molar-refractivity contribution in [1.82, 2.24) is 0 Å². The summed E-state index contributed by atoms with van der Waals surface area (Å²) in [5, 5.41) is -0.256. The monoisotopic (exact) mass is 176 g/mol. The van der Waals surface area contributed by atoms with Crippen molar-refractivity contribution in [1.29, 1.82) is 0 Å². The van der Waals surface area contributed by atoms with Gasteiger partial charge in [0.05, 0.1) is 10.6 Å². The molecule has 11 heavy (non-hydrogen) atoms. The van der Waals surface area contributed by atoms with E-state index in [2.05, 4.69) is 0 Å². The lowest BCUT2D eigenvalue weighted by atomic mass is 10.2. The van der Waals surface area contributed by atoms with Crippen LogP contribution in [-0.4, -0.2) is 6.04 Å². The molecule has 4 heteroatoms. The van der Waals surface area contributed by atoms with Crippen molar-refractivity contribution in [2.75, 3.05) is 0 Å². The van der Waals surface area contributed by atoms with E-state index in [9.17, 15) is 13.6 Å². The molecule has 0 heterocycles. The minimum absolute atomic E-state index is 0.256. The molecule has 0 N–H and O–H groups in total. The van der Waals surface area contributed by atoms with Gasteiger partial charge in [0.15, 0.2) is 5.82 Å². The van der Waals surface area contributed by atoms with Crippen molar-refractivity contribution in [3.05, 3.63) is 34.6 Å². The molecule has 58 valence electrons. The molecule has 0 amide bonds. The third-order valence-electron chi connectivity index (χ3n) is 1.16. The molecule has 0 aliphatic heterocycles. The van der Waals surface area contributed by atoms with Crippen LogP contribution >= 0.6 is 11.6 Å². The van der Waals surface area contributed by atoms with Gasteiger partial charge in [0.25, 0.3) is 0 Å². The van der Waals surface area contributed by atoms with Crippen molar-refractivity contribution < 1.29 is 13.6 Å². The summed E-state index contributed by atoms with van der Waals surface area (Å²) in [4.78, 5) is 10.1. The van der Waals surface area contributed by atoms with Crippen LogP contribution in [0.15, 0.2) is 18.2 Å². The summed E-state index contributed by atoms with van der Waals surface area (Å²) in [6.07, 6.45) is 0. The highest BCUT2D eigenvalue weighted by Crippen LogP contribution is 2.18. The highest BCUT2D eigenvalue weighted by Gasteiger charge is 2.12. The van der Waals surface area contributed by atoms with Gasteiger partial charge in [-0.1, -0.05) is 17.7 Å². The van der Waals surface area contributed by atoms with E-state index in [4.69, 9.17) is 11.6 Å². The van der Waals surface area contributed by atoms with Crippen molar-refractivity contribution in [2.45, 2.75) is 0 Å². The Morgan fingerprint density at radius 3 is 2.55 bits per heavy atom. The maximum Gasteiger partial charge on any atom is 0.335 e. The van der Waals surface area contributed by atoms with Gasteiger partial charge in [-0.3, -0.25) is 4.79 Å². The molecular weight excluding hydrogens is 174 g/mol.